The van der Waals surface area contributed by atoms with Gasteiger partial charge in [0.25, 0.3) is 15.9 Å². The summed E-state index contributed by atoms with van der Waals surface area (Å²) in [5, 5.41) is 2.63. The van der Waals surface area contributed by atoms with Crippen LogP contribution < -0.4 is 10.0 Å². The molecule has 0 radical (unpaired) electrons. The van der Waals surface area contributed by atoms with Gasteiger partial charge in [0.05, 0.1) is 4.90 Å². The summed E-state index contributed by atoms with van der Waals surface area (Å²) in [7, 11) is -3.63. The molecule has 0 aliphatic carbocycles. The maximum Gasteiger partial charge on any atom is 0.261 e. The Morgan fingerprint density at radius 2 is 1.52 bits per heavy atom. The number of anilines is 2. The normalized spacial score (nSPS) is 10.6. The maximum absolute atomic E-state index is 12.2. The number of hydrogen-bond acceptors (Lipinski definition) is 3. The SMILES string of the molecule is C=CC(=C)C(=O)Nc1ccc(NS(=O)(=O)c2ccccc2)cc1. The molecule has 2 rings (SSSR count). The van der Waals surface area contributed by atoms with E-state index in [0.717, 1.165) is 0 Å². The van der Waals surface area contributed by atoms with Gasteiger partial charge in [0.1, 0.15) is 0 Å². The van der Waals surface area contributed by atoms with Crippen molar-refractivity contribution in [3.05, 3.63) is 79.4 Å². The maximum atomic E-state index is 12.2. The van der Waals surface area contributed by atoms with Crippen LogP contribution in [0, 0.1) is 0 Å². The lowest BCUT2D eigenvalue weighted by molar-refractivity contribution is -0.112. The summed E-state index contributed by atoms with van der Waals surface area (Å²) in [5.41, 5.74) is 1.17. The number of hydrogen-bond donors (Lipinski definition) is 2. The molecule has 2 aromatic carbocycles. The Labute approximate surface area is 135 Å². The molecule has 2 N–H and O–H groups in total. The third-order valence-corrected chi connectivity index (χ3v) is 4.38. The van der Waals surface area contributed by atoms with Gasteiger partial charge >= 0.3 is 0 Å². The number of nitrogens with one attached hydrogen (secondary N) is 2. The summed E-state index contributed by atoms with van der Waals surface area (Å²) in [6.45, 7) is 7.02. The Balaban J connectivity index is 2.10. The van der Waals surface area contributed by atoms with Crippen molar-refractivity contribution in [2.45, 2.75) is 4.90 Å². The molecule has 1 amide bonds. The van der Waals surface area contributed by atoms with Crippen molar-refractivity contribution in [3.63, 3.8) is 0 Å². The van der Waals surface area contributed by atoms with Gasteiger partial charge in [0.15, 0.2) is 0 Å². The zero-order valence-electron chi connectivity index (χ0n) is 12.3. The first-order valence-electron chi connectivity index (χ1n) is 6.73. The number of amides is 1. The van der Waals surface area contributed by atoms with Crippen molar-refractivity contribution in [3.8, 4) is 0 Å². The fourth-order valence-electron chi connectivity index (χ4n) is 1.74. The minimum Gasteiger partial charge on any atom is -0.322 e. The van der Waals surface area contributed by atoms with E-state index in [9.17, 15) is 13.2 Å². The second-order valence-corrected chi connectivity index (χ2v) is 6.36. The Bertz CT molecular complexity index is 826. The molecular weight excluding hydrogens is 312 g/mol. The molecule has 23 heavy (non-hydrogen) atoms. The fourth-order valence-corrected chi connectivity index (χ4v) is 2.82. The Morgan fingerprint density at radius 3 is 2.09 bits per heavy atom. The molecular formula is C17H16N2O3S. The number of sulfonamides is 1. The van der Waals surface area contributed by atoms with Gasteiger partial charge in [-0.25, -0.2) is 8.42 Å². The van der Waals surface area contributed by atoms with Gasteiger partial charge in [-0.15, -0.1) is 0 Å². The lowest BCUT2D eigenvalue weighted by Gasteiger charge is -2.09. The summed E-state index contributed by atoms with van der Waals surface area (Å²) >= 11 is 0. The number of carbonyl (C=O) groups excluding carboxylic acids is 1. The van der Waals surface area contributed by atoms with Crippen molar-refractivity contribution in [2.75, 3.05) is 10.0 Å². The van der Waals surface area contributed by atoms with Crippen molar-refractivity contribution in [1.82, 2.24) is 0 Å². The molecule has 0 aliphatic heterocycles. The van der Waals surface area contributed by atoms with E-state index in [-0.39, 0.29) is 16.4 Å². The zero-order valence-corrected chi connectivity index (χ0v) is 13.1. The van der Waals surface area contributed by atoms with Crippen molar-refractivity contribution in [1.29, 1.82) is 0 Å². The van der Waals surface area contributed by atoms with Gasteiger partial charge in [-0.2, -0.15) is 0 Å². The molecule has 0 spiro atoms. The molecule has 0 aromatic heterocycles. The van der Waals surface area contributed by atoms with Gasteiger partial charge in [0, 0.05) is 16.9 Å². The lowest BCUT2D eigenvalue weighted by Crippen LogP contribution is -2.14. The molecule has 0 unspecified atom stereocenters. The quantitative estimate of drug-likeness (QED) is 0.632. The zero-order chi connectivity index (χ0) is 16.9. The third-order valence-electron chi connectivity index (χ3n) is 2.99. The van der Waals surface area contributed by atoms with Crippen LogP contribution in [0.4, 0.5) is 11.4 Å². The van der Waals surface area contributed by atoms with Crippen LogP contribution >= 0.6 is 0 Å². The summed E-state index contributed by atoms with van der Waals surface area (Å²) in [5.74, 6) is -0.363. The highest BCUT2D eigenvalue weighted by Gasteiger charge is 2.13. The fraction of sp³-hybridized carbons (Fsp3) is 0. The second kappa shape index (κ2) is 6.93. The first kappa shape index (κ1) is 16.5. The average molecular weight is 328 g/mol. The van der Waals surface area contributed by atoms with Crippen LogP contribution in [0.2, 0.25) is 0 Å². The van der Waals surface area contributed by atoms with Crippen LogP contribution in [-0.2, 0) is 14.8 Å². The molecule has 5 nitrogen and oxygen atoms in total. The van der Waals surface area contributed by atoms with Crippen LogP contribution in [0.25, 0.3) is 0 Å². The molecule has 0 atom stereocenters. The van der Waals surface area contributed by atoms with Gasteiger partial charge in [-0.1, -0.05) is 37.4 Å². The Morgan fingerprint density at radius 1 is 0.957 bits per heavy atom. The Kier molecular flexibility index (Phi) is 4.98. The van der Waals surface area contributed by atoms with Crippen molar-refractivity contribution in [2.24, 2.45) is 0 Å². The summed E-state index contributed by atoms with van der Waals surface area (Å²) in [6, 6.07) is 14.4. The van der Waals surface area contributed by atoms with Crippen molar-refractivity contribution < 1.29 is 13.2 Å². The van der Waals surface area contributed by atoms with Gasteiger partial charge in [-0.05, 0) is 36.4 Å². The van der Waals surface area contributed by atoms with E-state index in [4.69, 9.17) is 0 Å². The third kappa shape index (κ3) is 4.31. The molecule has 0 aliphatic rings. The highest BCUT2D eigenvalue weighted by Crippen LogP contribution is 2.18. The van der Waals surface area contributed by atoms with Crippen molar-refractivity contribution >= 4 is 27.3 Å². The van der Waals surface area contributed by atoms with E-state index < -0.39 is 10.0 Å². The highest BCUT2D eigenvalue weighted by molar-refractivity contribution is 7.92. The van der Waals surface area contributed by atoms with E-state index in [0.29, 0.717) is 11.4 Å². The van der Waals surface area contributed by atoms with E-state index in [2.05, 4.69) is 23.2 Å². The van der Waals surface area contributed by atoms with Crippen LogP contribution in [0.1, 0.15) is 0 Å². The van der Waals surface area contributed by atoms with Crippen LogP contribution in [0.5, 0.6) is 0 Å². The predicted octanol–water partition coefficient (Wildman–Crippen LogP) is 3.17. The van der Waals surface area contributed by atoms with E-state index in [1.165, 1.54) is 18.2 Å². The lowest BCUT2D eigenvalue weighted by atomic mass is 10.2. The average Bonchev–Trinajstić information content (AvgIpc) is 2.56. The smallest absolute Gasteiger partial charge is 0.261 e. The molecule has 0 saturated carbocycles. The van der Waals surface area contributed by atoms with Crippen LogP contribution in [0.15, 0.2) is 84.3 Å². The van der Waals surface area contributed by atoms with Gasteiger partial charge < -0.3 is 5.32 Å². The van der Waals surface area contributed by atoms with Crippen LogP contribution in [0.3, 0.4) is 0 Å². The summed E-state index contributed by atoms with van der Waals surface area (Å²) < 4.78 is 26.9. The van der Waals surface area contributed by atoms with Gasteiger partial charge in [-0.3, -0.25) is 9.52 Å². The molecule has 0 fully saturated rings. The summed E-state index contributed by atoms with van der Waals surface area (Å²) in [4.78, 5) is 11.8. The molecule has 118 valence electrons. The molecule has 0 bridgehead atoms. The number of rotatable bonds is 6. The monoisotopic (exact) mass is 328 g/mol. The number of carbonyl (C=O) groups is 1. The largest absolute Gasteiger partial charge is 0.322 e. The van der Waals surface area contributed by atoms with E-state index in [1.54, 1.807) is 42.5 Å². The predicted molar refractivity (Wildman–Crippen MR) is 91.7 cm³/mol. The first-order chi connectivity index (χ1) is 10.9. The van der Waals surface area contributed by atoms with Gasteiger partial charge in [0.2, 0.25) is 0 Å². The highest BCUT2D eigenvalue weighted by atomic mass is 32.2. The first-order valence-corrected chi connectivity index (χ1v) is 8.21. The minimum absolute atomic E-state index is 0.180. The summed E-state index contributed by atoms with van der Waals surface area (Å²) in [6.07, 6.45) is 1.36. The van der Waals surface area contributed by atoms with E-state index in [1.807, 2.05) is 0 Å². The molecule has 6 heteroatoms. The molecule has 2 aromatic rings. The van der Waals surface area contributed by atoms with Crippen LogP contribution in [-0.4, -0.2) is 14.3 Å². The Hall–Kier alpha value is -2.86. The second-order valence-electron chi connectivity index (χ2n) is 4.68. The molecule has 0 saturated heterocycles. The minimum atomic E-state index is -3.63. The van der Waals surface area contributed by atoms with E-state index >= 15 is 0 Å². The topological polar surface area (TPSA) is 75.3 Å². The number of benzene rings is 2. The standard InChI is InChI=1S/C17H16N2O3S/c1-3-13(2)17(20)18-14-9-11-15(12-10-14)19-23(21,22)16-7-5-4-6-8-16/h3-12,19H,1-2H2,(H,18,20). The molecule has 0 heterocycles.